The summed E-state index contributed by atoms with van der Waals surface area (Å²) in [6, 6.07) is 14.4. The number of rotatable bonds is 6. The normalized spacial score (nSPS) is 10.6. The summed E-state index contributed by atoms with van der Waals surface area (Å²) in [5.41, 5.74) is 0.673. The summed E-state index contributed by atoms with van der Waals surface area (Å²) in [5.74, 6) is -12.8. The maximum Gasteiger partial charge on any atom is 0.261 e. The standard InChI is InChI=1S/C25H16F5N5O2/c1-12(36)32-14-7-5-13(6-8-14)17-9-10-31-25(35-17)34-16-4-2-3-15(11-16)33-24(37)18-19(26)21(28)23(30)22(29)20(18)27/h2-11H,1H3,(H,32,36)(H,33,37)(H,31,34,35). The fourth-order valence-corrected chi connectivity index (χ4v) is 3.31. The quantitative estimate of drug-likeness (QED) is 0.172. The number of nitrogens with one attached hydrogen (secondary N) is 3. The predicted octanol–water partition coefficient (Wildman–Crippen LogP) is 5.79. The van der Waals surface area contributed by atoms with Gasteiger partial charge in [-0.3, -0.25) is 9.59 Å². The highest BCUT2D eigenvalue weighted by Gasteiger charge is 2.29. The van der Waals surface area contributed by atoms with Gasteiger partial charge in [0.25, 0.3) is 5.91 Å². The maximum atomic E-state index is 13.9. The lowest BCUT2D eigenvalue weighted by Crippen LogP contribution is -2.19. The first-order valence-electron chi connectivity index (χ1n) is 10.5. The van der Waals surface area contributed by atoms with Crippen molar-refractivity contribution in [1.82, 2.24) is 9.97 Å². The molecule has 0 bridgehead atoms. The molecule has 0 aliphatic rings. The molecule has 37 heavy (non-hydrogen) atoms. The lowest BCUT2D eigenvalue weighted by molar-refractivity contribution is -0.114. The van der Waals surface area contributed by atoms with Crippen LogP contribution in [0.3, 0.4) is 0 Å². The molecule has 0 aliphatic carbocycles. The zero-order chi connectivity index (χ0) is 26.7. The van der Waals surface area contributed by atoms with Gasteiger partial charge in [0, 0.05) is 35.7 Å². The van der Waals surface area contributed by atoms with Crippen molar-refractivity contribution >= 4 is 34.8 Å². The van der Waals surface area contributed by atoms with Crippen molar-refractivity contribution in [3.63, 3.8) is 0 Å². The number of hydrogen-bond donors (Lipinski definition) is 3. The number of nitrogens with zero attached hydrogens (tertiary/aromatic N) is 2. The molecule has 0 radical (unpaired) electrons. The van der Waals surface area contributed by atoms with E-state index in [0.717, 1.165) is 5.56 Å². The van der Waals surface area contributed by atoms with Crippen molar-refractivity contribution in [2.24, 2.45) is 0 Å². The topological polar surface area (TPSA) is 96.0 Å². The van der Waals surface area contributed by atoms with Crippen molar-refractivity contribution in [2.45, 2.75) is 6.92 Å². The van der Waals surface area contributed by atoms with Gasteiger partial charge in [0.05, 0.1) is 5.69 Å². The molecule has 2 amide bonds. The number of anilines is 4. The van der Waals surface area contributed by atoms with Gasteiger partial charge in [0.15, 0.2) is 23.3 Å². The van der Waals surface area contributed by atoms with Crippen LogP contribution in [-0.4, -0.2) is 21.8 Å². The van der Waals surface area contributed by atoms with Gasteiger partial charge in [0.1, 0.15) is 5.56 Å². The minimum absolute atomic E-state index is 0.00339. The van der Waals surface area contributed by atoms with Crippen LogP contribution in [0.2, 0.25) is 0 Å². The largest absolute Gasteiger partial charge is 0.326 e. The Bertz CT molecular complexity index is 1480. The number of carbonyl (C=O) groups excluding carboxylic acids is 2. The van der Waals surface area contributed by atoms with Crippen LogP contribution < -0.4 is 16.0 Å². The summed E-state index contributed by atoms with van der Waals surface area (Å²) in [5, 5.41) is 7.68. The van der Waals surface area contributed by atoms with E-state index in [0.29, 0.717) is 17.1 Å². The zero-order valence-electron chi connectivity index (χ0n) is 18.9. The lowest BCUT2D eigenvalue weighted by atomic mass is 10.1. The molecule has 12 heteroatoms. The van der Waals surface area contributed by atoms with Gasteiger partial charge < -0.3 is 16.0 Å². The molecule has 4 aromatic rings. The van der Waals surface area contributed by atoms with Crippen molar-refractivity contribution in [1.29, 1.82) is 0 Å². The van der Waals surface area contributed by atoms with E-state index >= 15 is 0 Å². The number of carbonyl (C=O) groups is 2. The molecule has 3 N–H and O–H groups in total. The van der Waals surface area contributed by atoms with E-state index in [1.807, 2.05) is 0 Å². The van der Waals surface area contributed by atoms with Gasteiger partial charge in [0.2, 0.25) is 17.7 Å². The third kappa shape index (κ3) is 5.53. The molecule has 0 aliphatic heterocycles. The Morgan fingerprint density at radius 3 is 2.00 bits per heavy atom. The van der Waals surface area contributed by atoms with Gasteiger partial charge in [-0.25, -0.2) is 31.9 Å². The lowest BCUT2D eigenvalue weighted by Gasteiger charge is -2.11. The molecule has 4 rings (SSSR count). The second kappa shape index (κ2) is 10.4. The van der Waals surface area contributed by atoms with Gasteiger partial charge in [-0.1, -0.05) is 18.2 Å². The fourth-order valence-electron chi connectivity index (χ4n) is 3.31. The van der Waals surface area contributed by atoms with Crippen molar-refractivity contribution in [2.75, 3.05) is 16.0 Å². The van der Waals surface area contributed by atoms with E-state index in [1.54, 1.807) is 36.4 Å². The van der Waals surface area contributed by atoms with Crippen LogP contribution in [0, 0.1) is 29.1 Å². The zero-order valence-corrected chi connectivity index (χ0v) is 18.9. The number of amides is 2. The number of benzene rings is 3. The first kappa shape index (κ1) is 25.2. The SMILES string of the molecule is CC(=O)Nc1ccc(-c2ccnc(Nc3cccc(NC(=O)c4c(F)c(F)c(F)c(F)c4F)c3)n2)cc1. The molecule has 0 fully saturated rings. The number of halogens is 5. The molecule has 188 valence electrons. The first-order valence-corrected chi connectivity index (χ1v) is 10.5. The van der Waals surface area contributed by atoms with Crippen molar-refractivity contribution < 1.29 is 31.5 Å². The van der Waals surface area contributed by atoms with Gasteiger partial charge in [-0.05, 0) is 36.4 Å². The first-order chi connectivity index (χ1) is 17.6. The predicted molar refractivity (Wildman–Crippen MR) is 126 cm³/mol. The highest BCUT2D eigenvalue weighted by molar-refractivity contribution is 6.05. The van der Waals surface area contributed by atoms with Gasteiger partial charge in [-0.2, -0.15) is 0 Å². The molecule has 0 saturated heterocycles. The minimum atomic E-state index is -2.36. The van der Waals surface area contributed by atoms with Gasteiger partial charge in [-0.15, -0.1) is 0 Å². The van der Waals surface area contributed by atoms with E-state index in [9.17, 15) is 31.5 Å². The smallest absolute Gasteiger partial charge is 0.261 e. The Labute approximate surface area is 206 Å². The Hall–Kier alpha value is -4.87. The van der Waals surface area contributed by atoms with Crippen LogP contribution in [0.1, 0.15) is 17.3 Å². The Kier molecular flexibility index (Phi) is 7.09. The summed E-state index contributed by atoms with van der Waals surface area (Å²) in [6.45, 7) is 1.40. The van der Waals surface area contributed by atoms with Crippen molar-refractivity contribution in [3.8, 4) is 11.3 Å². The molecular weight excluding hydrogens is 497 g/mol. The van der Waals surface area contributed by atoms with Crippen LogP contribution in [0.4, 0.5) is 45.0 Å². The molecule has 0 spiro atoms. The van der Waals surface area contributed by atoms with E-state index in [-0.39, 0.29) is 17.5 Å². The van der Waals surface area contributed by atoms with E-state index < -0.39 is 40.6 Å². The average molecular weight is 513 g/mol. The molecule has 3 aromatic carbocycles. The fraction of sp³-hybridized carbons (Fsp3) is 0.0400. The third-order valence-electron chi connectivity index (χ3n) is 4.97. The maximum absolute atomic E-state index is 13.9. The summed E-state index contributed by atoms with van der Waals surface area (Å²) < 4.78 is 68.1. The van der Waals surface area contributed by atoms with Crippen LogP contribution in [0.25, 0.3) is 11.3 Å². The number of aromatic nitrogens is 2. The average Bonchev–Trinajstić information content (AvgIpc) is 2.87. The summed E-state index contributed by atoms with van der Waals surface area (Å²) in [6.07, 6.45) is 1.50. The minimum Gasteiger partial charge on any atom is -0.326 e. The molecule has 7 nitrogen and oxygen atoms in total. The Morgan fingerprint density at radius 2 is 1.35 bits per heavy atom. The van der Waals surface area contributed by atoms with Crippen molar-refractivity contribution in [3.05, 3.63) is 95.4 Å². The Balaban J connectivity index is 1.52. The highest BCUT2D eigenvalue weighted by Crippen LogP contribution is 2.26. The second-order valence-corrected chi connectivity index (χ2v) is 7.63. The highest BCUT2D eigenvalue weighted by atomic mass is 19.2. The molecular formula is C25H16F5N5O2. The molecule has 0 saturated carbocycles. The molecule has 0 unspecified atom stereocenters. The molecule has 1 aromatic heterocycles. The van der Waals surface area contributed by atoms with E-state index in [1.165, 1.54) is 31.3 Å². The van der Waals surface area contributed by atoms with Gasteiger partial charge >= 0.3 is 0 Å². The van der Waals surface area contributed by atoms with E-state index in [4.69, 9.17) is 0 Å². The number of hydrogen-bond acceptors (Lipinski definition) is 5. The summed E-state index contributed by atoms with van der Waals surface area (Å²) in [7, 11) is 0. The van der Waals surface area contributed by atoms with Crippen LogP contribution in [0.5, 0.6) is 0 Å². The van der Waals surface area contributed by atoms with E-state index in [2.05, 4.69) is 25.9 Å². The molecule has 0 atom stereocenters. The van der Waals surface area contributed by atoms with Crippen LogP contribution >= 0.6 is 0 Å². The van der Waals surface area contributed by atoms with Crippen LogP contribution in [0.15, 0.2) is 60.8 Å². The Morgan fingerprint density at radius 1 is 0.730 bits per heavy atom. The summed E-state index contributed by atoms with van der Waals surface area (Å²) in [4.78, 5) is 32.0. The van der Waals surface area contributed by atoms with Crippen LogP contribution in [-0.2, 0) is 4.79 Å². The summed E-state index contributed by atoms with van der Waals surface area (Å²) >= 11 is 0. The second-order valence-electron chi connectivity index (χ2n) is 7.63. The monoisotopic (exact) mass is 513 g/mol. The third-order valence-corrected chi connectivity index (χ3v) is 4.97. The molecule has 1 heterocycles.